The summed E-state index contributed by atoms with van der Waals surface area (Å²) < 4.78 is 0. The molecule has 78 valence electrons. The minimum absolute atomic E-state index is 0.116. The summed E-state index contributed by atoms with van der Waals surface area (Å²) in [5.41, 5.74) is 0.311. The van der Waals surface area contributed by atoms with Crippen molar-refractivity contribution in [3.63, 3.8) is 0 Å². The zero-order valence-electron chi connectivity index (χ0n) is 9.85. The molecule has 0 aliphatic rings. The maximum absolute atomic E-state index is 11.5. The molecule has 0 saturated carbocycles. The third-order valence-electron chi connectivity index (χ3n) is 2.07. The van der Waals surface area contributed by atoms with Gasteiger partial charge < -0.3 is 4.90 Å². The molecular formula is C11H23NO. The van der Waals surface area contributed by atoms with Gasteiger partial charge in [-0.25, -0.2) is 0 Å². The van der Waals surface area contributed by atoms with Crippen molar-refractivity contribution in [3.05, 3.63) is 0 Å². The Labute approximate surface area is 82.3 Å². The maximum Gasteiger partial charge on any atom is 0.224 e. The van der Waals surface area contributed by atoms with Gasteiger partial charge in [-0.05, 0) is 11.8 Å². The quantitative estimate of drug-likeness (QED) is 0.661. The van der Waals surface area contributed by atoms with E-state index in [9.17, 15) is 4.79 Å². The molecule has 0 heterocycles. The minimum atomic E-state index is 0.116. The second-order valence-corrected chi connectivity index (χ2v) is 5.23. The highest BCUT2D eigenvalue weighted by Crippen LogP contribution is 2.18. The van der Waals surface area contributed by atoms with E-state index in [0.29, 0.717) is 5.41 Å². The normalized spacial score (nSPS) is 11.9. The average Bonchev–Trinajstić information content (AvgIpc) is 1.97. The Balaban J connectivity index is 3.88. The van der Waals surface area contributed by atoms with Crippen molar-refractivity contribution in [3.8, 4) is 0 Å². The van der Waals surface area contributed by atoms with Gasteiger partial charge in [-0.15, -0.1) is 0 Å². The third-order valence-corrected chi connectivity index (χ3v) is 2.07. The molecule has 0 spiro atoms. The summed E-state index contributed by atoms with van der Waals surface area (Å²) in [6.45, 7) is 11.3. The summed E-state index contributed by atoms with van der Waals surface area (Å²) in [4.78, 5) is 13.3. The van der Waals surface area contributed by atoms with E-state index in [-0.39, 0.29) is 11.8 Å². The van der Waals surface area contributed by atoms with Gasteiger partial charge in [-0.2, -0.15) is 0 Å². The van der Waals surface area contributed by atoms with Crippen molar-refractivity contribution in [2.45, 2.75) is 41.0 Å². The number of carbonyl (C=O) groups is 1. The van der Waals surface area contributed by atoms with Crippen LogP contribution in [0, 0.1) is 11.3 Å². The molecule has 0 aromatic carbocycles. The second kappa shape index (κ2) is 4.64. The van der Waals surface area contributed by atoms with Crippen LogP contribution in [0.2, 0.25) is 0 Å². The van der Waals surface area contributed by atoms with E-state index in [0.717, 1.165) is 13.0 Å². The largest absolute Gasteiger partial charge is 0.346 e. The SMILES string of the molecule is CC(C)C(=O)N(C)CCC(C)(C)C. The lowest BCUT2D eigenvalue weighted by Gasteiger charge is -2.24. The smallest absolute Gasteiger partial charge is 0.224 e. The van der Waals surface area contributed by atoms with Crippen LogP contribution >= 0.6 is 0 Å². The molecule has 0 aromatic rings. The Morgan fingerprint density at radius 1 is 1.31 bits per heavy atom. The number of carbonyl (C=O) groups excluding carboxylic acids is 1. The topological polar surface area (TPSA) is 20.3 Å². The molecule has 0 aliphatic heterocycles. The van der Waals surface area contributed by atoms with Crippen LogP contribution in [0.1, 0.15) is 41.0 Å². The standard InChI is InChI=1S/C11H23NO/c1-9(2)10(13)12(6)8-7-11(3,4)5/h9H,7-8H2,1-6H3. The van der Waals surface area contributed by atoms with Crippen LogP contribution in [-0.4, -0.2) is 24.4 Å². The highest BCUT2D eigenvalue weighted by molar-refractivity contribution is 5.77. The molecule has 1 amide bonds. The van der Waals surface area contributed by atoms with E-state index >= 15 is 0 Å². The summed E-state index contributed by atoms with van der Waals surface area (Å²) in [7, 11) is 1.88. The molecule has 2 heteroatoms. The predicted octanol–water partition coefficient (Wildman–Crippen LogP) is 2.54. The molecule has 0 fully saturated rings. The van der Waals surface area contributed by atoms with E-state index < -0.39 is 0 Å². The van der Waals surface area contributed by atoms with Gasteiger partial charge in [0, 0.05) is 19.5 Å². The molecule has 0 aliphatic carbocycles. The molecule has 0 saturated heterocycles. The average molecular weight is 185 g/mol. The van der Waals surface area contributed by atoms with Crippen molar-refractivity contribution in [2.75, 3.05) is 13.6 Å². The van der Waals surface area contributed by atoms with E-state index in [1.807, 2.05) is 25.8 Å². The van der Waals surface area contributed by atoms with Crippen molar-refractivity contribution in [2.24, 2.45) is 11.3 Å². The minimum Gasteiger partial charge on any atom is -0.346 e. The molecule has 0 radical (unpaired) electrons. The second-order valence-electron chi connectivity index (χ2n) is 5.23. The molecule has 0 bridgehead atoms. The van der Waals surface area contributed by atoms with Gasteiger partial charge in [-0.3, -0.25) is 4.79 Å². The first-order valence-corrected chi connectivity index (χ1v) is 4.99. The molecule has 0 atom stereocenters. The van der Waals surface area contributed by atoms with E-state index in [1.165, 1.54) is 0 Å². The van der Waals surface area contributed by atoms with Crippen molar-refractivity contribution >= 4 is 5.91 Å². The van der Waals surface area contributed by atoms with Gasteiger partial charge in [0.15, 0.2) is 0 Å². The highest BCUT2D eigenvalue weighted by atomic mass is 16.2. The summed E-state index contributed by atoms with van der Waals surface area (Å²) in [5.74, 6) is 0.356. The van der Waals surface area contributed by atoms with Crippen LogP contribution in [0.15, 0.2) is 0 Å². The number of rotatable bonds is 3. The Kier molecular flexibility index (Phi) is 4.45. The van der Waals surface area contributed by atoms with Crippen LogP contribution in [0.5, 0.6) is 0 Å². The lowest BCUT2D eigenvalue weighted by molar-refractivity contribution is -0.133. The fraction of sp³-hybridized carbons (Fsp3) is 0.909. The zero-order valence-corrected chi connectivity index (χ0v) is 9.85. The Hall–Kier alpha value is -0.530. The molecular weight excluding hydrogens is 162 g/mol. The van der Waals surface area contributed by atoms with Crippen LogP contribution in [0.25, 0.3) is 0 Å². The first kappa shape index (κ1) is 12.5. The van der Waals surface area contributed by atoms with Gasteiger partial charge in [0.1, 0.15) is 0 Å². The first-order valence-electron chi connectivity index (χ1n) is 4.99. The number of nitrogens with zero attached hydrogens (tertiary/aromatic N) is 1. The van der Waals surface area contributed by atoms with Gasteiger partial charge in [0.2, 0.25) is 5.91 Å². The van der Waals surface area contributed by atoms with Crippen molar-refractivity contribution < 1.29 is 4.79 Å². The lowest BCUT2D eigenvalue weighted by Crippen LogP contribution is -2.32. The van der Waals surface area contributed by atoms with Crippen LogP contribution in [0.4, 0.5) is 0 Å². The van der Waals surface area contributed by atoms with E-state index in [1.54, 1.807) is 0 Å². The monoisotopic (exact) mass is 185 g/mol. The number of amides is 1. The molecule has 0 unspecified atom stereocenters. The highest BCUT2D eigenvalue weighted by Gasteiger charge is 2.16. The summed E-state index contributed by atoms with van der Waals surface area (Å²) in [6, 6.07) is 0. The molecule has 0 rings (SSSR count). The Morgan fingerprint density at radius 3 is 2.08 bits per heavy atom. The lowest BCUT2D eigenvalue weighted by atomic mass is 9.92. The maximum atomic E-state index is 11.5. The van der Waals surface area contributed by atoms with E-state index in [4.69, 9.17) is 0 Å². The zero-order chi connectivity index (χ0) is 10.6. The van der Waals surface area contributed by atoms with Gasteiger partial charge in [0.05, 0.1) is 0 Å². The third kappa shape index (κ3) is 5.67. The van der Waals surface area contributed by atoms with Crippen molar-refractivity contribution in [1.82, 2.24) is 4.90 Å². The molecule has 0 aromatic heterocycles. The molecule has 2 nitrogen and oxygen atoms in total. The number of hydrogen-bond acceptors (Lipinski definition) is 1. The first-order chi connectivity index (χ1) is 5.74. The number of hydrogen-bond donors (Lipinski definition) is 0. The fourth-order valence-corrected chi connectivity index (χ4v) is 1.05. The molecule has 13 heavy (non-hydrogen) atoms. The van der Waals surface area contributed by atoms with Gasteiger partial charge in [-0.1, -0.05) is 34.6 Å². The summed E-state index contributed by atoms with van der Waals surface area (Å²) in [6.07, 6.45) is 1.06. The molecule has 0 N–H and O–H groups in total. The summed E-state index contributed by atoms with van der Waals surface area (Å²) >= 11 is 0. The van der Waals surface area contributed by atoms with Gasteiger partial charge in [0.25, 0.3) is 0 Å². The van der Waals surface area contributed by atoms with Crippen LogP contribution in [-0.2, 0) is 4.79 Å². The van der Waals surface area contributed by atoms with Crippen LogP contribution < -0.4 is 0 Å². The Bertz CT molecular complexity index is 167. The van der Waals surface area contributed by atoms with Crippen LogP contribution in [0.3, 0.4) is 0 Å². The Morgan fingerprint density at radius 2 is 1.77 bits per heavy atom. The fourth-order valence-electron chi connectivity index (χ4n) is 1.05. The predicted molar refractivity (Wildman–Crippen MR) is 56.5 cm³/mol. The van der Waals surface area contributed by atoms with Gasteiger partial charge >= 0.3 is 0 Å². The van der Waals surface area contributed by atoms with Crippen molar-refractivity contribution in [1.29, 1.82) is 0 Å². The summed E-state index contributed by atoms with van der Waals surface area (Å²) in [5, 5.41) is 0. The van der Waals surface area contributed by atoms with E-state index in [2.05, 4.69) is 20.8 Å².